The molecule has 1 aliphatic rings. The van der Waals surface area contributed by atoms with Gasteiger partial charge in [-0.05, 0) is 31.9 Å². The lowest BCUT2D eigenvalue weighted by Crippen LogP contribution is -2.43. The van der Waals surface area contributed by atoms with Gasteiger partial charge in [0.1, 0.15) is 11.5 Å². The number of aromatic nitrogens is 5. The van der Waals surface area contributed by atoms with Crippen molar-refractivity contribution in [3.05, 3.63) is 47.9 Å². The lowest BCUT2D eigenvalue weighted by molar-refractivity contribution is 0.179. The first-order chi connectivity index (χ1) is 13.2. The van der Waals surface area contributed by atoms with Crippen molar-refractivity contribution in [1.82, 2.24) is 35.5 Å². The first-order valence-electron chi connectivity index (χ1n) is 8.98. The van der Waals surface area contributed by atoms with Gasteiger partial charge in [-0.1, -0.05) is 11.2 Å². The summed E-state index contributed by atoms with van der Waals surface area (Å²) in [5, 5.41) is 14.0. The maximum Gasteiger partial charge on any atom is 0.317 e. The molecule has 2 N–H and O–H groups in total. The summed E-state index contributed by atoms with van der Waals surface area (Å²) in [7, 11) is 0. The second kappa shape index (κ2) is 7.56. The van der Waals surface area contributed by atoms with Gasteiger partial charge < -0.3 is 14.7 Å². The molecule has 1 saturated heterocycles. The number of urea groups is 1. The summed E-state index contributed by atoms with van der Waals surface area (Å²) < 4.78 is 5.29. The molecule has 1 aliphatic heterocycles. The van der Waals surface area contributed by atoms with E-state index in [0.717, 1.165) is 30.2 Å². The van der Waals surface area contributed by atoms with Crippen LogP contribution in [0.25, 0.3) is 11.4 Å². The number of aryl methyl sites for hydroxylation is 1. The minimum absolute atomic E-state index is 0.101. The van der Waals surface area contributed by atoms with Crippen LogP contribution < -0.4 is 5.32 Å². The fraction of sp³-hybridized carbons (Fsp3) is 0.389. The van der Waals surface area contributed by atoms with Gasteiger partial charge in [0.15, 0.2) is 11.6 Å². The number of amides is 2. The van der Waals surface area contributed by atoms with E-state index in [0.29, 0.717) is 37.0 Å². The van der Waals surface area contributed by atoms with Crippen LogP contribution in [0.2, 0.25) is 0 Å². The van der Waals surface area contributed by atoms with E-state index in [1.807, 2.05) is 30.0 Å². The standard InChI is InChI=1S/C18H21N7O2/c1-12-21-17(23-22-12)13-5-8-25(9-6-13)18(26)20-11-14-10-16(24-27-14)15-4-2-3-7-19-15/h2-4,7,10,13H,5-6,8-9,11H2,1H3,(H,20,26)(H,21,22,23). The van der Waals surface area contributed by atoms with E-state index in [-0.39, 0.29) is 6.03 Å². The predicted molar refractivity (Wildman–Crippen MR) is 96.6 cm³/mol. The van der Waals surface area contributed by atoms with E-state index in [9.17, 15) is 4.79 Å². The smallest absolute Gasteiger partial charge is 0.317 e. The average molecular weight is 367 g/mol. The molecule has 0 bridgehead atoms. The highest BCUT2D eigenvalue weighted by atomic mass is 16.5. The van der Waals surface area contributed by atoms with Crippen molar-refractivity contribution in [3.8, 4) is 11.4 Å². The highest BCUT2D eigenvalue weighted by Crippen LogP contribution is 2.25. The van der Waals surface area contributed by atoms with E-state index in [1.165, 1.54) is 0 Å². The second-order valence-corrected chi connectivity index (χ2v) is 6.59. The number of nitrogens with zero attached hydrogens (tertiary/aromatic N) is 5. The van der Waals surface area contributed by atoms with Crippen LogP contribution in [0.3, 0.4) is 0 Å². The van der Waals surface area contributed by atoms with Gasteiger partial charge in [-0.25, -0.2) is 9.78 Å². The molecule has 4 rings (SSSR count). The number of piperidine rings is 1. The molecule has 1 fully saturated rings. The van der Waals surface area contributed by atoms with Gasteiger partial charge in [0.25, 0.3) is 0 Å². The summed E-state index contributed by atoms with van der Waals surface area (Å²) in [6.07, 6.45) is 3.42. The molecule has 0 aliphatic carbocycles. The van der Waals surface area contributed by atoms with Crippen LogP contribution in [-0.2, 0) is 6.54 Å². The molecule has 0 saturated carbocycles. The highest BCUT2D eigenvalue weighted by Gasteiger charge is 2.26. The number of pyridine rings is 1. The zero-order valence-electron chi connectivity index (χ0n) is 15.1. The van der Waals surface area contributed by atoms with Crippen molar-refractivity contribution in [2.45, 2.75) is 32.2 Å². The Morgan fingerprint density at radius 2 is 2.19 bits per heavy atom. The van der Waals surface area contributed by atoms with E-state index >= 15 is 0 Å². The zero-order valence-corrected chi connectivity index (χ0v) is 15.1. The Morgan fingerprint density at radius 1 is 1.33 bits per heavy atom. The number of rotatable bonds is 4. The van der Waals surface area contributed by atoms with Crippen LogP contribution in [0.4, 0.5) is 4.79 Å². The minimum atomic E-state index is -0.101. The fourth-order valence-electron chi connectivity index (χ4n) is 3.19. The molecule has 0 unspecified atom stereocenters. The number of H-pyrrole nitrogens is 1. The Morgan fingerprint density at radius 3 is 2.89 bits per heavy atom. The average Bonchev–Trinajstić information content (AvgIpc) is 3.36. The predicted octanol–water partition coefficient (Wildman–Crippen LogP) is 2.25. The molecule has 0 spiro atoms. The largest absolute Gasteiger partial charge is 0.359 e. The van der Waals surface area contributed by atoms with Gasteiger partial charge in [-0.2, -0.15) is 5.10 Å². The molecule has 0 radical (unpaired) electrons. The molecule has 3 aromatic rings. The maximum absolute atomic E-state index is 12.4. The molecule has 9 nitrogen and oxygen atoms in total. The quantitative estimate of drug-likeness (QED) is 0.731. The molecule has 0 aromatic carbocycles. The Kier molecular flexibility index (Phi) is 4.82. The summed E-state index contributed by atoms with van der Waals surface area (Å²) in [4.78, 5) is 22.8. The Bertz CT molecular complexity index is 897. The number of nitrogens with one attached hydrogen (secondary N) is 2. The van der Waals surface area contributed by atoms with Crippen LogP contribution in [0.1, 0.15) is 36.2 Å². The lowest BCUT2D eigenvalue weighted by Gasteiger charge is -2.30. The third-order valence-electron chi connectivity index (χ3n) is 4.66. The summed E-state index contributed by atoms with van der Waals surface area (Å²) in [5.74, 6) is 2.56. The number of carbonyl (C=O) groups is 1. The second-order valence-electron chi connectivity index (χ2n) is 6.59. The number of likely N-dealkylation sites (tertiary alicyclic amines) is 1. The van der Waals surface area contributed by atoms with Gasteiger partial charge in [-0.3, -0.25) is 10.1 Å². The number of hydrogen-bond donors (Lipinski definition) is 2. The Labute approximate surface area is 156 Å². The first-order valence-corrected chi connectivity index (χ1v) is 8.98. The third-order valence-corrected chi connectivity index (χ3v) is 4.66. The summed E-state index contributed by atoms with van der Waals surface area (Å²) >= 11 is 0. The minimum Gasteiger partial charge on any atom is -0.359 e. The molecule has 140 valence electrons. The molecule has 2 amide bonds. The lowest BCUT2D eigenvalue weighted by atomic mass is 9.96. The summed E-state index contributed by atoms with van der Waals surface area (Å²) in [6, 6.07) is 7.29. The molecule has 4 heterocycles. The van der Waals surface area contributed by atoms with Crippen LogP contribution in [0.5, 0.6) is 0 Å². The van der Waals surface area contributed by atoms with Crippen LogP contribution >= 0.6 is 0 Å². The van der Waals surface area contributed by atoms with E-state index in [2.05, 4.69) is 30.6 Å². The van der Waals surface area contributed by atoms with Crippen molar-refractivity contribution in [1.29, 1.82) is 0 Å². The van der Waals surface area contributed by atoms with Crippen LogP contribution in [0, 0.1) is 6.92 Å². The monoisotopic (exact) mass is 367 g/mol. The fourth-order valence-corrected chi connectivity index (χ4v) is 3.19. The van der Waals surface area contributed by atoms with Gasteiger partial charge in [0, 0.05) is 31.3 Å². The molecule has 0 atom stereocenters. The van der Waals surface area contributed by atoms with Crippen molar-refractivity contribution in [2.24, 2.45) is 0 Å². The van der Waals surface area contributed by atoms with Crippen molar-refractivity contribution >= 4 is 6.03 Å². The number of hydrogen-bond acceptors (Lipinski definition) is 6. The first kappa shape index (κ1) is 17.2. The topological polar surface area (TPSA) is 113 Å². The van der Waals surface area contributed by atoms with E-state index in [4.69, 9.17) is 4.52 Å². The molecule has 9 heteroatoms. The van der Waals surface area contributed by atoms with E-state index < -0.39 is 0 Å². The van der Waals surface area contributed by atoms with Crippen LogP contribution in [-0.4, -0.2) is 49.3 Å². The number of aromatic amines is 1. The summed E-state index contributed by atoms with van der Waals surface area (Å²) in [6.45, 7) is 3.54. The molecule has 3 aromatic heterocycles. The van der Waals surface area contributed by atoms with Gasteiger partial charge in [0.05, 0.1) is 12.2 Å². The molecular weight excluding hydrogens is 346 g/mol. The maximum atomic E-state index is 12.4. The van der Waals surface area contributed by atoms with Crippen molar-refractivity contribution in [2.75, 3.05) is 13.1 Å². The molecular formula is C18H21N7O2. The molecule has 27 heavy (non-hydrogen) atoms. The van der Waals surface area contributed by atoms with Gasteiger partial charge in [-0.15, -0.1) is 0 Å². The van der Waals surface area contributed by atoms with Crippen molar-refractivity contribution < 1.29 is 9.32 Å². The SMILES string of the molecule is Cc1nc(C2CCN(C(=O)NCc3cc(-c4ccccn4)no3)CC2)n[nH]1. The number of carbonyl (C=O) groups excluding carboxylic acids is 1. The third kappa shape index (κ3) is 3.97. The zero-order chi connectivity index (χ0) is 18.6. The van der Waals surface area contributed by atoms with Gasteiger partial charge >= 0.3 is 6.03 Å². The summed E-state index contributed by atoms with van der Waals surface area (Å²) in [5.41, 5.74) is 1.39. The van der Waals surface area contributed by atoms with Gasteiger partial charge in [0.2, 0.25) is 0 Å². The van der Waals surface area contributed by atoms with E-state index in [1.54, 1.807) is 12.3 Å². The Hall–Kier alpha value is -3.23. The highest BCUT2D eigenvalue weighted by molar-refractivity contribution is 5.74. The van der Waals surface area contributed by atoms with Crippen LogP contribution in [0.15, 0.2) is 35.0 Å². The Balaban J connectivity index is 1.27. The normalized spacial score (nSPS) is 15.1. The van der Waals surface area contributed by atoms with Crippen molar-refractivity contribution in [3.63, 3.8) is 0 Å².